The maximum absolute atomic E-state index is 12.8. The van der Waals surface area contributed by atoms with Gasteiger partial charge in [-0.05, 0) is 54.5 Å². The molecule has 0 radical (unpaired) electrons. The molecule has 0 spiro atoms. The number of allylic oxidation sites excluding steroid dienone is 1. The highest BCUT2D eigenvalue weighted by atomic mass is 35.5. The number of benzene rings is 2. The van der Waals surface area contributed by atoms with Crippen molar-refractivity contribution in [3.05, 3.63) is 70.8 Å². The van der Waals surface area contributed by atoms with Crippen molar-refractivity contribution in [3.63, 3.8) is 0 Å². The van der Waals surface area contributed by atoms with Crippen LogP contribution in [0.2, 0.25) is 5.02 Å². The molecule has 2 aromatic carbocycles. The van der Waals surface area contributed by atoms with Crippen molar-refractivity contribution < 1.29 is 31.7 Å². The van der Waals surface area contributed by atoms with E-state index in [1.54, 1.807) is 0 Å². The fourth-order valence-corrected chi connectivity index (χ4v) is 3.95. The second kappa shape index (κ2) is 9.25. The van der Waals surface area contributed by atoms with Gasteiger partial charge in [0.2, 0.25) is 0 Å². The summed E-state index contributed by atoms with van der Waals surface area (Å²) in [4.78, 5) is 35.1. The third kappa shape index (κ3) is 4.98. The van der Waals surface area contributed by atoms with Crippen molar-refractivity contribution in [2.75, 3.05) is 7.11 Å². The number of rotatable bonds is 7. The van der Waals surface area contributed by atoms with Crippen molar-refractivity contribution in [1.82, 2.24) is 10.6 Å². The van der Waals surface area contributed by atoms with Gasteiger partial charge in [0.1, 0.15) is 10.5 Å². The number of barbiturate groups is 1. The molecule has 0 unspecified atom stereocenters. The number of imide groups is 2. The summed E-state index contributed by atoms with van der Waals surface area (Å²) in [6.07, 6.45) is 2.95. The number of methoxy groups -OCH3 is 1. The summed E-state index contributed by atoms with van der Waals surface area (Å²) in [6.45, 7) is 3.65. The lowest BCUT2D eigenvalue weighted by atomic mass is 10.0. The Labute approximate surface area is 188 Å². The summed E-state index contributed by atoms with van der Waals surface area (Å²) in [6, 6.07) is 7.43. The second-order valence-electron chi connectivity index (χ2n) is 6.49. The first kappa shape index (κ1) is 23.0. The van der Waals surface area contributed by atoms with Crippen molar-refractivity contribution in [1.29, 1.82) is 0 Å². The number of carbonyl (C=O) groups excluding carboxylic acids is 3. The molecule has 0 bridgehead atoms. The third-order valence-electron chi connectivity index (χ3n) is 4.29. The molecule has 9 nitrogen and oxygen atoms in total. The van der Waals surface area contributed by atoms with Gasteiger partial charge in [-0.1, -0.05) is 17.7 Å². The van der Waals surface area contributed by atoms with E-state index >= 15 is 0 Å². The van der Waals surface area contributed by atoms with Crippen molar-refractivity contribution in [3.8, 4) is 11.5 Å². The van der Waals surface area contributed by atoms with E-state index in [4.69, 9.17) is 20.5 Å². The van der Waals surface area contributed by atoms with Crippen LogP contribution in [0.1, 0.15) is 11.1 Å². The number of hydrogen-bond acceptors (Lipinski definition) is 7. The van der Waals surface area contributed by atoms with Crippen molar-refractivity contribution in [2.45, 2.75) is 11.3 Å². The molecular weight excluding hydrogens is 460 g/mol. The first-order valence-electron chi connectivity index (χ1n) is 9.05. The van der Waals surface area contributed by atoms with E-state index in [2.05, 4.69) is 6.58 Å². The van der Waals surface area contributed by atoms with E-state index in [-0.39, 0.29) is 28.4 Å². The summed E-state index contributed by atoms with van der Waals surface area (Å²) in [5, 5.41) is 4.31. The molecule has 0 aliphatic carbocycles. The highest BCUT2D eigenvalue weighted by Gasteiger charge is 2.28. The van der Waals surface area contributed by atoms with Crippen LogP contribution in [0.4, 0.5) is 4.79 Å². The summed E-state index contributed by atoms with van der Waals surface area (Å²) < 4.78 is 36.2. The van der Waals surface area contributed by atoms with Gasteiger partial charge in [0.15, 0.2) is 11.5 Å². The number of hydrogen-bond donors (Lipinski definition) is 2. The highest BCUT2D eigenvalue weighted by molar-refractivity contribution is 7.87. The molecule has 0 saturated carbocycles. The van der Waals surface area contributed by atoms with Crippen LogP contribution >= 0.6 is 11.6 Å². The standard InChI is InChI=1S/C21H17ClN2O7S/c1-3-4-13-9-12(10-16-19(25)23-21(27)24-20(16)26)11-17(30-2)18(13)31-32(28,29)15-7-5-14(22)6-8-15/h3,5-11H,1,4H2,2H3,(H2,23,24,25,26,27). The Morgan fingerprint density at radius 3 is 2.25 bits per heavy atom. The number of halogens is 1. The zero-order chi connectivity index (χ0) is 23.5. The Morgan fingerprint density at radius 2 is 1.69 bits per heavy atom. The molecule has 2 N–H and O–H groups in total. The van der Waals surface area contributed by atoms with Gasteiger partial charge >= 0.3 is 16.1 Å². The Kier molecular flexibility index (Phi) is 6.66. The molecule has 1 fully saturated rings. The number of nitrogens with one attached hydrogen (secondary N) is 2. The molecule has 3 rings (SSSR count). The van der Waals surface area contributed by atoms with E-state index in [0.717, 1.165) is 0 Å². The Balaban J connectivity index is 2.06. The fourth-order valence-electron chi connectivity index (χ4n) is 2.85. The van der Waals surface area contributed by atoms with Gasteiger partial charge in [-0.25, -0.2) is 4.79 Å². The topological polar surface area (TPSA) is 128 Å². The molecule has 2 aromatic rings. The van der Waals surface area contributed by atoms with Gasteiger partial charge in [0.05, 0.1) is 7.11 Å². The lowest BCUT2D eigenvalue weighted by Gasteiger charge is -2.17. The van der Waals surface area contributed by atoms with Gasteiger partial charge in [0, 0.05) is 10.6 Å². The van der Waals surface area contributed by atoms with Gasteiger partial charge in [-0.2, -0.15) is 8.42 Å². The predicted octanol–water partition coefficient (Wildman–Crippen LogP) is 2.59. The lowest BCUT2D eigenvalue weighted by Crippen LogP contribution is -2.51. The fraction of sp³-hybridized carbons (Fsp3) is 0.0952. The molecule has 0 aromatic heterocycles. The molecule has 1 saturated heterocycles. The first-order chi connectivity index (χ1) is 15.1. The third-order valence-corrected chi connectivity index (χ3v) is 5.78. The Morgan fingerprint density at radius 1 is 1.06 bits per heavy atom. The average molecular weight is 477 g/mol. The highest BCUT2D eigenvalue weighted by Crippen LogP contribution is 2.36. The van der Waals surface area contributed by atoms with Crippen molar-refractivity contribution in [2.24, 2.45) is 0 Å². The minimum Gasteiger partial charge on any atom is -0.493 e. The SMILES string of the molecule is C=CCc1cc(C=C2C(=O)NC(=O)NC2=O)cc(OC)c1OS(=O)(=O)c1ccc(Cl)cc1. The van der Waals surface area contributed by atoms with Crippen LogP contribution in [0.3, 0.4) is 0 Å². The van der Waals surface area contributed by atoms with Crippen LogP contribution in [0.25, 0.3) is 6.08 Å². The molecule has 166 valence electrons. The number of amides is 4. The van der Waals surface area contributed by atoms with Crippen LogP contribution in [0.15, 0.2) is 59.5 Å². The quantitative estimate of drug-likeness (QED) is 0.272. The van der Waals surface area contributed by atoms with E-state index in [9.17, 15) is 22.8 Å². The summed E-state index contributed by atoms with van der Waals surface area (Å²) >= 11 is 5.81. The zero-order valence-electron chi connectivity index (χ0n) is 16.7. The average Bonchev–Trinajstić information content (AvgIpc) is 2.72. The summed E-state index contributed by atoms with van der Waals surface area (Å²) in [7, 11) is -2.91. The zero-order valence-corrected chi connectivity index (χ0v) is 18.2. The largest absolute Gasteiger partial charge is 0.493 e. The molecule has 11 heteroatoms. The van der Waals surface area contributed by atoms with Crippen molar-refractivity contribution >= 4 is 45.6 Å². The molecular formula is C21H17ClN2O7S. The summed E-state index contributed by atoms with van der Waals surface area (Å²) in [5.74, 6) is -1.76. The van der Waals surface area contributed by atoms with Crippen LogP contribution in [0.5, 0.6) is 11.5 Å². The van der Waals surface area contributed by atoms with Crippen LogP contribution in [0, 0.1) is 0 Å². The molecule has 1 aliphatic rings. The van der Waals surface area contributed by atoms with Crippen LogP contribution in [-0.2, 0) is 26.1 Å². The van der Waals surface area contributed by atoms with Crippen LogP contribution in [-0.4, -0.2) is 33.4 Å². The Hall–Kier alpha value is -3.63. The lowest BCUT2D eigenvalue weighted by molar-refractivity contribution is -0.123. The Bertz CT molecular complexity index is 1230. The maximum Gasteiger partial charge on any atom is 0.339 e. The minimum atomic E-state index is -4.22. The van der Waals surface area contributed by atoms with E-state index in [1.807, 2.05) is 10.6 Å². The normalized spacial score (nSPS) is 13.8. The van der Waals surface area contributed by atoms with Gasteiger partial charge < -0.3 is 8.92 Å². The van der Waals surface area contributed by atoms with Gasteiger partial charge in [-0.15, -0.1) is 6.58 Å². The number of ether oxygens (including phenoxy) is 1. The molecule has 4 amide bonds. The monoisotopic (exact) mass is 476 g/mol. The van der Waals surface area contributed by atoms with E-state index in [0.29, 0.717) is 16.1 Å². The molecule has 0 atom stereocenters. The number of carbonyl (C=O) groups is 3. The van der Waals surface area contributed by atoms with Gasteiger partial charge in [-0.3, -0.25) is 20.2 Å². The van der Waals surface area contributed by atoms with E-state index in [1.165, 1.54) is 55.7 Å². The van der Waals surface area contributed by atoms with Crippen LogP contribution < -0.4 is 19.6 Å². The summed E-state index contributed by atoms with van der Waals surface area (Å²) in [5.41, 5.74) is 0.402. The maximum atomic E-state index is 12.8. The molecule has 1 aliphatic heterocycles. The minimum absolute atomic E-state index is 0.0430. The molecule has 1 heterocycles. The van der Waals surface area contributed by atoms with E-state index < -0.39 is 28.0 Å². The smallest absolute Gasteiger partial charge is 0.339 e. The number of urea groups is 1. The molecule has 32 heavy (non-hydrogen) atoms. The first-order valence-corrected chi connectivity index (χ1v) is 10.8. The predicted molar refractivity (Wildman–Crippen MR) is 116 cm³/mol. The second-order valence-corrected chi connectivity index (χ2v) is 8.47. The van der Waals surface area contributed by atoms with Gasteiger partial charge in [0.25, 0.3) is 11.8 Å².